The zero-order chi connectivity index (χ0) is 13.9. The second-order valence-corrected chi connectivity index (χ2v) is 6.70. The van der Waals surface area contributed by atoms with E-state index in [2.05, 4.69) is 47.6 Å². The van der Waals surface area contributed by atoms with Gasteiger partial charge in [0.05, 0.1) is 10.6 Å². The lowest BCUT2D eigenvalue weighted by Crippen LogP contribution is -1.82. The summed E-state index contributed by atoms with van der Waals surface area (Å²) in [4.78, 5) is 6.85. The summed E-state index contributed by atoms with van der Waals surface area (Å²) in [5.74, 6) is 0. The van der Waals surface area contributed by atoms with Gasteiger partial charge in [0.25, 0.3) is 0 Å². The number of thioether (sulfide) groups is 1. The maximum Gasteiger partial charge on any atom is 0.184 e. The molecular formula is C16H12ClNS2. The standard InChI is InChI=1S/C16H12ClNS2/c1-19-13-9-7-11(8-10-13)14-15(20-16(17)18-14)12-5-3-2-4-6-12/h2-10H,1H3. The summed E-state index contributed by atoms with van der Waals surface area (Å²) in [7, 11) is 0. The maximum atomic E-state index is 6.13. The molecular weight excluding hydrogens is 306 g/mol. The van der Waals surface area contributed by atoms with E-state index in [1.165, 1.54) is 16.2 Å². The molecule has 0 aliphatic rings. The van der Waals surface area contributed by atoms with Gasteiger partial charge in [0.1, 0.15) is 0 Å². The van der Waals surface area contributed by atoms with Crippen LogP contribution in [-0.4, -0.2) is 11.2 Å². The molecule has 1 heterocycles. The topological polar surface area (TPSA) is 12.9 Å². The summed E-state index contributed by atoms with van der Waals surface area (Å²) in [6, 6.07) is 18.7. The van der Waals surface area contributed by atoms with Crippen LogP contribution in [0.25, 0.3) is 21.7 Å². The van der Waals surface area contributed by atoms with Crippen molar-refractivity contribution >= 4 is 34.7 Å². The van der Waals surface area contributed by atoms with Crippen molar-refractivity contribution in [1.82, 2.24) is 4.98 Å². The Hall–Kier alpha value is -1.29. The van der Waals surface area contributed by atoms with Gasteiger partial charge in [0.15, 0.2) is 4.47 Å². The van der Waals surface area contributed by atoms with Gasteiger partial charge in [-0.25, -0.2) is 4.98 Å². The molecule has 1 nitrogen and oxygen atoms in total. The fourth-order valence-corrected chi connectivity index (χ4v) is 3.57. The molecule has 3 aromatic rings. The molecule has 0 aliphatic carbocycles. The lowest BCUT2D eigenvalue weighted by atomic mass is 10.1. The second-order valence-electron chi connectivity index (χ2n) is 4.24. The highest BCUT2D eigenvalue weighted by Gasteiger charge is 2.13. The monoisotopic (exact) mass is 317 g/mol. The van der Waals surface area contributed by atoms with Gasteiger partial charge in [0, 0.05) is 10.5 Å². The zero-order valence-corrected chi connectivity index (χ0v) is 13.2. The number of aromatic nitrogens is 1. The summed E-state index contributed by atoms with van der Waals surface area (Å²) in [6.45, 7) is 0. The van der Waals surface area contributed by atoms with Gasteiger partial charge in [-0.15, -0.1) is 23.1 Å². The van der Waals surface area contributed by atoms with Crippen LogP contribution in [-0.2, 0) is 0 Å². The average molecular weight is 318 g/mol. The molecule has 0 unspecified atom stereocenters. The lowest BCUT2D eigenvalue weighted by molar-refractivity contribution is 1.38. The fraction of sp³-hybridized carbons (Fsp3) is 0.0625. The van der Waals surface area contributed by atoms with Crippen LogP contribution >= 0.6 is 34.7 Å². The van der Waals surface area contributed by atoms with Crippen molar-refractivity contribution in [2.75, 3.05) is 6.26 Å². The molecule has 20 heavy (non-hydrogen) atoms. The average Bonchev–Trinajstić information content (AvgIpc) is 2.90. The van der Waals surface area contributed by atoms with Gasteiger partial charge in [-0.2, -0.15) is 0 Å². The first-order valence-corrected chi connectivity index (χ1v) is 8.56. The lowest BCUT2D eigenvalue weighted by Gasteiger charge is -2.03. The van der Waals surface area contributed by atoms with Gasteiger partial charge in [-0.05, 0) is 24.0 Å². The summed E-state index contributed by atoms with van der Waals surface area (Å²) in [5, 5.41) is 0. The third kappa shape index (κ3) is 2.75. The van der Waals surface area contributed by atoms with Crippen LogP contribution in [0.3, 0.4) is 0 Å². The first-order chi connectivity index (χ1) is 9.78. The van der Waals surface area contributed by atoms with Crippen molar-refractivity contribution in [2.45, 2.75) is 4.90 Å². The Balaban J connectivity index is 2.09. The molecule has 100 valence electrons. The van der Waals surface area contributed by atoms with Crippen molar-refractivity contribution in [3.05, 3.63) is 59.1 Å². The minimum absolute atomic E-state index is 0.577. The van der Waals surface area contributed by atoms with E-state index in [9.17, 15) is 0 Å². The van der Waals surface area contributed by atoms with Crippen LogP contribution in [0.2, 0.25) is 4.47 Å². The van der Waals surface area contributed by atoms with E-state index in [1.54, 1.807) is 11.8 Å². The van der Waals surface area contributed by atoms with E-state index >= 15 is 0 Å². The van der Waals surface area contributed by atoms with Crippen LogP contribution in [0.5, 0.6) is 0 Å². The molecule has 0 atom stereocenters. The van der Waals surface area contributed by atoms with Crippen LogP contribution < -0.4 is 0 Å². The zero-order valence-electron chi connectivity index (χ0n) is 10.8. The van der Waals surface area contributed by atoms with E-state index in [-0.39, 0.29) is 0 Å². The Morgan fingerprint density at radius 2 is 1.65 bits per heavy atom. The number of halogens is 1. The van der Waals surface area contributed by atoms with E-state index in [1.807, 2.05) is 18.2 Å². The number of benzene rings is 2. The van der Waals surface area contributed by atoms with Gasteiger partial charge in [-0.3, -0.25) is 0 Å². The van der Waals surface area contributed by atoms with Gasteiger partial charge >= 0.3 is 0 Å². The van der Waals surface area contributed by atoms with Gasteiger partial charge in [-0.1, -0.05) is 54.1 Å². The molecule has 0 N–H and O–H groups in total. The van der Waals surface area contributed by atoms with Crippen molar-refractivity contribution in [3.63, 3.8) is 0 Å². The predicted molar refractivity (Wildman–Crippen MR) is 89.8 cm³/mol. The largest absolute Gasteiger partial charge is 0.224 e. The quantitative estimate of drug-likeness (QED) is 0.562. The molecule has 1 aromatic heterocycles. The van der Waals surface area contributed by atoms with E-state index in [0.29, 0.717) is 4.47 Å². The fourth-order valence-electron chi connectivity index (χ4n) is 2.02. The summed E-state index contributed by atoms with van der Waals surface area (Å²) in [6.07, 6.45) is 2.07. The molecule has 4 heteroatoms. The Morgan fingerprint density at radius 1 is 0.950 bits per heavy atom. The molecule has 0 amide bonds. The highest BCUT2D eigenvalue weighted by atomic mass is 35.5. The smallest absolute Gasteiger partial charge is 0.184 e. The van der Waals surface area contributed by atoms with E-state index < -0.39 is 0 Å². The highest BCUT2D eigenvalue weighted by molar-refractivity contribution is 7.98. The van der Waals surface area contributed by atoms with Crippen LogP contribution in [0, 0.1) is 0 Å². The Kier molecular flexibility index (Phi) is 4.10. The number of rotatable bonds is 3. The minimum atomic E-state index is 0.577. The molecule has 2 aromatic carbocycles. The Bertz CT molecular complexity index is 705. The summed E-state index contributed by atoms with van der Waals surface area (Å²) in [5.41, 5.74) is 3.21. The van der Waals surface area contributed by atoms with Gasteiger partial charge < -0.3 is 0 Å². The first kappa shape index (κ1) is 13.7. The van der Waals surface area contributed by atoms with Crippen molar-refractivity contribution in [3.8, 4) is 21.7 Å². The molecule has 0 saturated heterocycles. The summed E-state index contributed by atoms with van der Waals surface area (Å²) < 4.78 is 0.577. The third-order valence-electron chi connectivity index (χ3n) is 3.00. The molecule has 0 bridgehead atoms. The number of hydrogen-bond acceptors (Lipinski definition) is 3. The Labute approximate surface area is 131 Å². The van der Waals surface area contributed by atoms with Crippen LogP contribution in [0.1, 0.15) is 0 Å². The Morgan fingerprint density at radius 3 is 2.30 bits per heavy atom. The molecule has 0 spiro atoms. The second kappa shape index (κ2) is 6.00. The molecule has 0 aliphatic heterocycles. The van der Waals surface area contributed by atoms with Crippen molar-refractivity contribution < 1.29 is 0 Å². The molecule has 0 radical (unpaired) electrons. The van der Waals surface area contributed by atoms with E-state index in [0.717, 1.165) is 21.7 Å². The van der Waals surface area contributed by atoms with E-state index in [4.69, 9.17) is 11.6 Å². The number of nitrogens with zero attached hydrogens (tertiary/aromatic N) is 1. The van der Waals surface area contributed by atoms with Crippen molar-refractivity contribution in [2.24, 2.45) is 0 Å². The van der Waals surface area contributed by atoms with Crippen LogP contribution in [0.4, 0.5) is 0 Å². The maximum absolute atomic E-state index is 6.13. The first-order valence-electron chi connectivity index (χ1n) is 6.14. The molecule has 0 saturated carbocycles. The number of hydrogen-bond donors (Lipinski definition) is 0. The third-order valence-corrected chi connectivity index (χ3v) is 4.95. The minimum Gasteiger partial charge on any atom is -0.224 e. The normalized spacial score (nSPS) is 10.7. The molecule has 0 fully saturated rings. The van der Waals surface area contributed by atoms with Crippen molar-refractivity contribution in [1.29, 1.82) is 0 Å². The molecule has 3 rings (SSSR count). The SMILES string of the molecule is CSc1ccc(-c2nc(Cl)sc2-c2ccccc2)cc1. The number of thiazole rings is 1. The van der Waals surface area contributed by atoms with Crippen LogP contribution in [0.15, 0.2) is 59.5 Å². The highest BCUT2D eigenvalue weighted by Crippen LogP contribution is 2.38. The summed E-state index contributed by atoms with van der Waals surface area (Å²) >= 11 is 9.38. The van der Waals surface area contributed by atoms with Gasteiger partial charge in [0.2, 0.25) is 0 Å². The predicted octanol–water partition coefficient (Wildman–Crippen LogP) is 5.85.